The predicted molar refractivity (Wildman–Crippen MR) is 78.0 cm³/mol. The minimum Gasteiger partial charge on any atom is -0.391 e. The smallest absolute Gasteiger partial charge is 0.389 e. The van der Waals surface area contributed by atoms with Gasteiger partial charge in [-0.25, -0.2) is 0 Å². The van der Waals surface area contributed by atoms with Crippen molar-refractivity contribution in [2.24, 2.45) is 0 Å². The Balaban J connectivity index is 1.76. The first-order chi connectivity index (χ1) is 10.5. The van der Waals surface area contributed by atoms with Gasteiger partial charge < -0.3 is 20.5 Å². The lowest BCUT2D eigenvalue weighted by molar-refractivity contribution is -0.389. The molecule has 0 spiro atoms. The van der Waals surface area contributed by atoms with E-state index >= 15 is 0 Å². The molecule has 0 radical (unpaired) electrons. The van der Waals surface area contributed by atoms with Crippen molar-refractivity contribution in [3.05, 3.63) is 58.3 Å². The van der Waals surface area contributed by atoms with Crippen molar-refractivity contribution in [1.82, 2.24) is 15.1 Å². The lowest BCUT2D eigenvalue weighted by atomic mass is 10.1. The summed E-state index contributed by atoms with van der Waals surface area (Å²) in [7, 11) is 0. The zero-order chi connectivity index (χ0) is 15.9. The summed E-state index contributed by atoms with van der Waals surface area (Å²) in [6, 6.07) is 10.7. The third-order valence-electron chi connectivity index (χ3n) is 2.97. The number of carbonyl (C=O) groups excluding carboxylic acids is 1. The number of hydrogen-bond donors (Lipinski definition) is 2. The molecule has 1 unspecified atom stereocenters. The van der Waals surface area contributed by atoms with Gasteiger partial charge in [-0.2, -0.15) is 4.68 Å². The number of nitrogens with one attached hydrogen (secondary N) is 1. The van der Waals surface area contributed by atoms with Crippen LogP contribution in [0.15, 0.2) is 42.6 Å². The number of aromatic nitrogens is 2. The van der Waals surface area contributed by atoms with Crippen LogP contribution in [0.1, 0.15) is 5.56 Å². The molecule has 8 heteroatoms. The first-order valence-electron chi connectivity index (χ1n) is 6.71. The van der Waals surface area contributed by atoms with Crippen molar-refractivity contribution in [3.8, 4) is 0 Å². The average Bonchev–Trinajstić information content (AvgIpc) is 2.95. The molecule has 0 saturated carbocycles. The molecule has 0 aliphatic heterocycles. The SMILES string of the molecule is O=C(Cn1ccc([N+](=O)[O-])n1)NCC(O)Cc1ccccc1. The quantitative estimate of drug-likeness (QED) is 0.572. The summed E-state index contributed by atoms with van der Waals surface area (Å²) in [6.45, 7) is -0.0248. The molecule has 0 saturated heterocycles. The van der Waals surface area contributed by atoms with Crippen molar-refractivity contribution < 1.29 is 14.8 Å². The molecule has 22 heavy (non-hydrogen) atoms. The Morgan fingerprint density at radius 1 is 1.36 bits per heavy atom. The fourth-order valence-electron chi connectivity index (χ4n) is 1.93. The van der Waals surface area contributed by atoms with Crippen LogP contribution in [-0.4, -0.2) is 38.4 Å². The molecule has 116 valence electrons. The van der Waals surface area contributed by atoms with Crippen molar-refractivity contribution in [1.29, 1.82) is 0 Å². The number of carbonyl (C=O) groups is 1. The van der Waals surface area contributed by atoms with E-state index in [1.54, 1.807) is 0 Å². The summed E-state index contributed by atoms with van der Waals surface area (Å²) in [5, 5.41) is 26.6. The molecule has 2 aromatic rings. The van der Waals surface area contributed by atoms with Crippen LogP contribution in [0.25, 0.3) is 0 Å². The zero-order valence-corrected chi connectivity index (χ0v) is 11.8. The topological polar surface area (TPSA) is 110 Å². The van der Waals surface area contributed by atoms with Gasteiger partial charge in [0.15, 0.2) is 0 Å². The molecule has 0 aliphatic carbocycles. The molecule has 0 fully saturated rings. The fourth-order valence-corrected chi connectivity index (χ4v) is 1.93. The number of benzene rings is 1. The standard InChI is InChI=1S/C14H16N4O4/c19-12(8-11-4-2-1-3-5-11)9-15-14(20)10-17-7-6-13(16-17)18(21)22/h1-7,12,19H,8-10H2,(H,15,20). The molecule has 1 aromatic carbocycles. The van der Waals surface area contributed by atoms with Crippen LogP contribution < -0.4 is 5.32 Å². The number of nitrogens with zero attached hydrogens (tertiary/aromatic N) is 3. The van der Waals surface area contributed by atoms with Gasteiger partial charge in [-0.05, 0) is 10.5 Å². The molecule has 0 aliphatic rings. The number of aliphatic hydroxyl groups is 1. The van der Waals surface area contributed by atoms with Gasteiger partial charge >= 0.3 is 5.82 Å². The van der Waals surface area contributed by atoms with E-state index in [1.807, 2.05) is 30.3 Å². The van der Waals surface area contributed by atoms with E-state index in [-0.39, 0.29) is 24.8 Å². The monoisotopic (exact) mass is 304 g/mol. The molecule has 2 rings (SSSR count). The normalized spacial score (nSPS) is 11.9. The fraction of sp³-hybridized carbons (Fsp3) is 0.286. The highest BCUT2D eigenvalue weighted by atomic mass is 16.6. The van der Waals surface area contributed by atoms with E-state index in [1.165, 1.54) is 16.9 Å². The minimum absolute atomic E-state index is 0.108. The summed E-state index contributed by atoms with van der Waals surface area (Å²) in [4.78, 5) is 21.6. The summed E-state index contributed by atoms with van der Waals surface area (Å²) in [6.07, 6.45) is 1.10. The first-order valence-corrected chi connectivity index (χ1v) is 6.71. The Bertz CT molecular complexity index is 641. The maximum absolute atomic E-state index is 11.7. The summed E-state index contributed by atoms with van der Waals surface area (Å²) in [5.74, 6) is -0.679. The second-order valence-electron chi connectivity index (χ2n) is 4.78. The van der Waals surface area contributed by atoms with Crippen LogP contribution in [0.3, 0.4) is 0 Å². The minimum atomic E-state index is -0.696. The maximum Gasteiger partial charge on any atom is 0.389 e. The molecule has 1 heterocycles. The number of rotatable bonds is 7. The largest absolute Gasteiger partial charge is 0.391 e. The van der Waals surface area contributed by atoms with Gasteiger partial charge in [-0.3, -0.25) is 4.79 Å². The molecule has 8 nitrogen and oxygen atoms in total. The van der Waals surface area contributed by atoms with E-state index in [9.17, 15) is 20.0 Å². The maximum atomic E-state index is 11.7. The number of aliphatic hydroxyl groups excluding tert-OH is 1. The second kappa shape index (κ2) is 7.32. The van der Waals surface area contributed by atoms with Crippen molar-refractivity contribution in [3.63, 3.8) is 0 Å². The van der Waals surface area contributed by atoms with E-state index in [0.717, 1.165) is 5.56 Å². The van der Waals surface area contributed by atoms with E-state index < -0.39 is 11.0 Å². The van der Waals surface area contributed by atoms with Crippen molar-refractivity contribution in [2.75, 3.05) is 6.54 Å². The lowest BCUT2D eigenvalue weighted by Gasteiger charge is -2.11. The van der Waals surface area contributed by atoms with Gasteiger partial charge in [0.25, 0.3) is 0 Å². The summed E-state index contributed by atoms with van der Waals surface area (Å²) < 4.78 is 1.18. The predicted octanol–water partition coefficient (Wildman–Crippen LogP) is 0.511. The Hall–Kier alpha value is -2.74. The third-order valence-corrected chi connectivity index (χ3v) is 2.97. The molecule has 2 N–H and O–H groups in total. The van der Waals surface area contributed by atoms with Gasteiger partial charge in [0, 0.05) is 13.0 Å². The highest BCUT2D eigenvalue weighted by Crippen LogP contribution is 2.05. The average molecular weight is 304 g/mol. The highest BCUT2D eigenvalue weighted by Gasteiger charge is 2.14. The Morgan fingerprint density at radius 2 is 2.09 bits per heavy atom. The van der Waals surface area contributed by atoms with Crippen LogP contribution >= 0.6 is 0 Å². The van der Waals surface area contributed by atoms with Crippen LogP contribution in [0.2, 0.25) is 0 Å². The molecule has 0 bridgehead atoms. The van der Waals surface area contributed by atoms with E-state index in [0.29, 0.717) is 6.42 Å². The molecular weight excluding hydrogens is 288 g/mol. The second-order valence-corrected chi connectivity index (χ2v) is 4.78. The van der Waals surface area contributed by atoms with Crippen LogP contribution in [0, 0.1) is 10.1 Å². The van der Waals surface area contributed by atoms with Crippen molar-refractivity contribution >= 4 is 11.7 Å². The first kappa shape index (κ1) is 15.6. The van der Waals surface area contributed by atoms with Crippen LogP contribution in [0.4, 0.5) is 5.82 Å². The van der Waals surface area contributed by atoms with E-state index in [2.05, 4.69) is 10.4 Å². The Kier molecular flexibility index (Phi) is 5.21. The molecule has 1 amide bonds. The number of amides is 1. The molecule has 1 atom stereocenters. The van der Waals surface area contributed by atoms with Crippen LogP contribution in [-0.2, 0) is 17.8 Å². The van der Waals surface area contributed by atoms with Gasteiger partial charge in [0.05, 0.1) is 23.5 Å². The van der Waals surface area contributed by atoms with Gasteiger partial charge in [-0.15, -0.1) is 0 Å². The lowest BCUT2D eigenvalue weighted by Crippen LogP contribution is -2.35. The van der Waals surface area contributed by atoms with Gasteiger partial charge in [-0.1, -0.05) is 30.3 Å². The number of nitro groups is 1. The Morgan fingerprint density at radius 3 is 2.73 bits per heavy atom. The molecular formula is C14H16N4O4. The third kappa shape index (κ3) is 4.67. The van der Waals surface area contributed by atoms with Gasteiger partial charge in [0.1, 0.15) is 6.54 Å². The molecule has 1 aromatic heterocycles. The Labute approximate surface area is 126 Å². The zero-order valence-electron chi connectivity index (χ0n) is 11.8. The van der Waals surface area contributed by atoms with Gasteiger partial charge in [0.2, 0.25) is 5.91 Å². The van der Waals surface area contributed by atoms with E-state index in [4.69, 9.17) is 0 Å². The summed E-state index contributed by atoms with van der Waals surface area (Å²) >= 11 is 0. The van der Waals surface area contributed by atoms with Crippen LogP contribution in [0.5, 0.6) is 0 Å². The number of hydrogen-bond acceptors (Lipinski definition) is 5. The van der Waals surface area contributed by atoms with Crippen molar-refractivity contribution in [2.45, 2.75) is 19.1 Å². The summed E-state index contributed by atoms with van der Waals surface area (Å²) in [5.41, 5.74) is 0.979. The highest BCUT2D eigenvalue weighted by molar-refractivity contribution is 5.75.